The van der Waals surface area contributed by atoms with Crippen LogP contribution >= 0.6 is 0 Å². The molecule has 1 aliphatic rings. The molecule has 5 heteroatoms. The van der Waals surface area contributed by atoms with E-state index in [1.54, 1.807) is 11.5 Å². The number of hydrogen-bond acceptors (Lipinski definition) is 1. The first-order chi connectivity index (χ1) is 7.04. The van der Waals surface area contributed by atoms with Gasteiger partial charge in [0.2, 0.25) is 0 Å². The Bertz CT molecular complexity index is 365. The molecular formula is C10H13F3N2. The maximum absolute atomic E-state index is 12.6. The molecule has 0 aliphatic carbocycles. The average molecular weight is 218 g/mol. The topological polar surface area (TPSA) is 17.8 Å². The molecule has 0 unspecified atom stereocenters. The maximum Gasteiger partial charge on any atom is 0.435 e. The maximum atomic E-state index is 12.6. The third-order valence-electron chi connectivity index (χ3n) is 2.79. The lowest BCUT2D eigenvalue weighted by Gasteiger charge is -2.15. The second-order valence-electron chi connectivity index (χ2n) is 3.78. The van der Waals surface area contributed by atoms with Crippen molar-refractivity contribution in [3.8, 4) is 0 Å². The second kappa shape index (κ2) is 3.54. The Morgan fingerprint density at radius 1 is 1.33 bits per heavy atom. The summed E-state index contributed by atoms with van der Waals surface area (Å²) in [6.45, 7) is 2.43. The highest BCUT2D eigenvalue weighted by Gasteiger charge is 2.38. The van der Waals surface area contributed by atoms with Crippen molar-refractivity contribution < 1.29 is 13.2 Å². The number of aryl methyl sites for hydroxylation is 1. The fraction of sp³-hybridized carbons (Fsp3) is 0.700. The van der Waals surface area contributed by atoms with Crippen molar-refractivity contribution in [2.24, 2.45) is 0 Å². The molecule has 1 aliphatic heterocycles. The standard InChI is InChI=1S/C10H13F3N2/c1-2-7-9(10(11,12)13)14-8-5-3-4-6-15(7)8/h2-6H2,1H3. The predicted octanol–water partition coefficient (Wildman–Crippen LogP) is 2.80. The first-order valence-electron chi connectivity index (χ1n) is 5.19. The van der Waals surface area contributed by atoms with E-state index in [-0.39, 0.29) is 0 Å². The SMILES string of the molecule is CCc1c(C(F)(F)F)nc2n1CCCC2. The number of halogens is 3. The number of aromatic nitrogens is 2. The van der Waals surface area contributed by atoms with Crippen LogP contribution < -0.4 is 0 Å². The van der Waals surface area contributed by atoms with E-state index >= 15 is 0 Å². The van der Waals surface area contributed by atoms with Crippen LogP contribution in [0.1, 0.15) is 37.0 Å². The molecule has 84 valence electrons. The largest absolute Gasteiger partial charge is 0.435 e. The van der Waals surface area contributed by atoms with Gasteiger partial charge >= 0.3 is 6.18 Å². The van der Waals surface area contributed by atoms with Gasteiger partial charge in [0, 0.05) is 18.7 Å². The van der Waals surface area contributed by atoms with Gasteiger partial charge in [0.1, 0.15) is 5.82 Å². The van der Waals surface area contributed by atoms with Crippen molar-refractivity contribution in [3.63, 3.8) is 0 Å². The zero-order chi connectivity index (χ0) is 11.1. The van der Waals surface area contributed by atoms with Gasteiger partial charge < -0.3 is 4.57 Å². The smallest absolute Gasteiger partial charge is 0.331 e. The molecule has 2 heterocycles. The van der Waals surface area contributed by atoms with Gasteiger partial charge in [-0.2, -0.15) is 13.2 Å². The van der Waals surface area contributed by atoms with Gasteiger partial charge in [-0.3, -0.25) is 0 Å². The third-order valence-corrected chi connectivity index (χ3v) is 2.79. The highest BCUT2D eigenvalue weighted by Crippen LogP contribution is 2.33. The lowest BCUT2D eigenvalue weighted by molar-refractivity contribution is -0.141. The monoisotopic (exact) mass is 218 g/mol. The minimum atomic E-state index is -4.31. The molecule has 0 saturated heterocycles. The van der Waals surface area contributed by atoms with Crippen molar-refractivity contribution in [3.05, 3.63) is 17.2 Å². The molecule has 15 heavy (non-hydrogen) atoms. The Balaban J connectivity index is 2.51. The predicted molar refractivity (Wildman–Crippen MR) is 49.5 cm³/mol. The van der Waals surface area contributed by atoms with E-state index < -0.39 is 11.9 Å². The summed E-state index contributed by atoms with van der Waals surface area (Å²) in [5.74, 6) is 0.602. The molecule has 1 aromatic rings. The van der Waals surface area contributed by atoms with Crippen molar-refractivity contribution in [2.45, 2.75) is 45.3 Å². The van der Waals surface area contributed by atoms with E-state index in [9.17, 15) is 13.2 Å². The highest BCUT2D eigenvalue weighted by atomic mass is 19.4. The minimum absolute atomic E-state index is 0.345. The van der Waals surface area contributed by atoms with Crippen LogP contribution in [0.25, 0.3) is 0 Å². The van der Waals surface area contributed by atoms with Crippen LogP contribution in [-0.2, 0) is 25.6 Å². The van der Waals surface area contributed by atoms with Crippen LogP contribution in [0.3, 0.4) is 0 Å². The summed E-state index contributed by atoms with van der Waals surface area (Å²) in [5, 5.41) is 0. The summed E-state index contributed by atoms with van der Waals surface area (Å²) < 4.78 is 39.7. The second-order valence-corrected chi connectivity index (χ2v) is 3.78. The van der Waals surface area contributed by atoms with E-state index in [0.29, 0.717) is 30.9 Å². The fourth-order valence-corrected chi connectivity index (χ4v) is 2.13. The molecule has 1 aromatic heterocycles. The molecule has 2 nitrogen and oxygen atoms in total. The summed E-state index contributed by atoms with van der Waals surface area (Å²) in [7, 11) is 0. The lowest BCUT2D eigenvalue weighted by Crippen LogP contribution is -2.14. The van der Waals surface area contributed by atoms with E-state index in [0.717, 1.165) is 12.8 Å². The van der Waals surface area contributed by atoms with Gasteiger partial charge in [0.15, 0.2) is 5.69 Å². The summed E-state index contributed by atoms with van der Waals surface area (Å²) in [4.78, 5) is 3.73. The third kappa shape index (κ3) is 1.75. The number of hydrogen-bond donors (Lipinski definition) is 0. The van der Waals surface area contributed by atoms with Gasteiger partial charge in [0.05, 0.1) is 0 Å². The number of rotatable bonds is 1. The molecule has 0 saturated carbocycles. The zero-order valence-corrected chi connectivity index (χ0v) is 8.56. The van der Waals surface area contributed by atoms with Gasteiger partial charge in [-0.05, 0) is 19.3 Å². The quantitative estimate of drug-likeness (QED) is 0.708. The summed E-state index contributed by atoms with van der Waals surface area (Å²) in [6.07, 6.45) is -1.36. The Kier molecular flexibility index (Phi) is 2.48. The molecule has 0 bridgehead atoms. The number of nitrogens with zero attached hydrogens (tertiary/aromatic N) is 2. The molecule has 0 radical (unpaired) electrons. The van der Waals surface area contributed by atoms with Crippen molar-refractivity contribution in [1.82, 2.24) is 9.55 Å². The summed E-state index contributed by atoms with van der Waals surface area (Å²) >= 11 is 0. The number of fused-ring (bicyclic) bond motifs is 1. The normalized spacial score (nSPS) is 16.5. The van der Waals surface area contributed by atoms with Gasteiger partial charge in [-0.25, -0.2) is 4.98 Å². The van der Waals surface area contributed by atoms with E-state index in [1.807, 2.05) is 0 Å². The summed E-state index contributed by atoms with van der Waals surface area (Å²) in [6, 6.07) is 0. The highest BCUT2D eigenvalue weighted by molar-refractivity contribution is 5.21. The van der Waals surface area contributed by atoms with Crippen molar-refractivity contribution >= 4 is 0 Å². The fourth-order valence-electron chi connectivity index (χ4n) is 2.13. The molecule has 0 atom stereocenters. The molecule has 0 amide bonds. The van der Waals surface area contributed by atoms with Crippen molar-refractivity contribution in [1.29, 1.82) is 0 Å². The number of imidazole rings is 1. The molecule has 0 N–H and O–H groups in total. The van der Waals surface area contributed by atoms with E-state index in [4.69, 9.17) is 0 Å². The van der Waals surface area contributed by atoms with Crippen LogP contribution in [0.15, 0.2) is 0 Å². The Morgan fingerprint density at radius 2 is 2.07 bits per heavy atom. The van der Waals surface area contributed by atoms with Crippen LogP contribution in [0, 0.1) is 0 Å². The van der Waals surface area contributed by atoms with Crippen LogP contribution in [0.2, 0.25) is 0 Å². The Morgan fingerprint density at radius 3 is 2.67 bits per heavy atom. The van der Waals surface area contributed by atoms with Gasteiger partial charge in [-0.15, -0.1) is 0 Å². The van der Waals surface area contributed by atoms with E-state index in [1.165, 1.54) is 0 Å². The Hall–Kier alpha value is -1.00. The van der Waals surface area contributed by atoms with Gasteiger partial charge in [0.25, 0.3) is 0 Å². The molecule has 2 rings (SSSR count). The summed E-state index contributed by atoms with van der Waals surface area (Å²) in [5.41, 5.74) is -0.334. The average Bonchev–Trinajstić information content (AvgIpc) is 2.55. The minimum Gasteiger partial charge on any atom is -0.331 e. The van der Waals surface area contributed by atoms with Crippen LogP contribution in [0.4, 0.5) is 13.2 Å². The lowest BCUT2D eigenvalue weighted by atomic mass is 10.1. The molecule has 0 spiro atoms. The van der Waals surface area contributed by atoms with Gasteiger partial charge in [-0.1, -0.05) is 6.92 Å². The molecule has 0 aromatic carbocycles. The van der Waals surface area contributed by atoms with Crippen molar-refractivity contribution in [2.75, 3.05) is 0 Å². The zero-order valence-electron chi connectivity index (χ0n) is 8.56. The van der Waals surface area contributed by atoms with Crippen LogP contribution in [0.5, 0.6) is 0 Å². The Labute approximate surface area is 86.1 Å². The van der Waals surface area contributed by atoms with Crippen LogP contribution in [-0.4, -0.2) is 9.55 Å². The first kappa shape index (κ1) is 10.5. The molecule has 0 fully saturated rings. The van der Waals surface area contributed by atoms with E-state index in [2.05, 4.69) is 4.98 Å². The molecular weight excluding hydrogens is 205 g/mol. The first-order valence-corrected chi connectivity index (χ1v) is 5.19. The number of alkyl halides is 3.